The summed E-state index contributed by atoms with van der Waals surface area (Å²) in [4.78, 5) is 14.6. The van der Waals surface area contributed by atoms with Crippen molar-refractivity contribution in [2.24, 2.45) is 0 Å². The Labute approximate surface area is 69.0 Å². The van der Waals surface area contributed by atoms with Gasteiger partial charge in [0.1, 0.15) is 13.1 Å². The van der Waals surface area contributed by atoms with E-state index in [9.17, 15) is 4.79 Å². The normalized spacial score (nSPS) is 16.8. The van der Waals surface area contributed by atoms with Gasteiger partial charge in [-0.15, -0.1) is 0 Å². The van der Waals surface area contributed by atoms with Crippen molar-refractivity contribution in [2.75, 3.05) is 26.3 Å². The highest BCUT2D eigenvalue weighted by Gasteiger charge is 2.29. The number of hydrogen-bond donors (Lipinski definition) is 1. The van der Waals surface area contributed by atoms with E-state index in [1.807, 2.05) is 0 Å². The number of carboxylic acid groups (broad SMARTS) is 1. The fourth-order valence-electron chi connectivity index (χ4n) is 1.02. The van der Waals surface area contributed by atoms with E-state index in [1.54, 1.807) is 0 Å². The first-order valence-corrected chi connectivity index (χ1v) is 3.53. The summed E-state index contributed by atoms with van der Waals surface area (Å²) in [6.45, 7) is 1.83. The molecule has 0 spiro atoms. The maximum atomic E-state index is 10.5. The summed E-state index contributed by atoms with van der Waals surface area (Å²) < 4.78 is 5.00. The molecule has 0 saturated carbocycles. The molecule has 0 aromatic heterocycles. The smallest absolute Gasteiger partial charge is 0.441 e. The molecule has 1 N–H and O–H groups in total. The summed E-state index contributed by atoms with van der Waals surface area (Å²) in [5, 5.41) is 8.55. The largest absolute Gasteiger partial charge is 0.497 e. The van der Waals surface area contributed by atoms with E-state index in [2.05, 4.69) is 4.79 Å². The topological polar surface area (TPSA) is 86.2 Å². The number of amidine groups is 1. The lowest BCUT2D eigenvalue weighted by Gasteiger charge is -2.19. The van der Waals surface area contributed by atoms with E-state index in [-0.39, 0.29) is 5.84 Å². The third-order valence-electron chi connectivity index (χ3n) is 1.60. The summed E-state index contributed by atoms with van der Waals surface area (Å²) in [5.74, 6) is -1.54. The highest BCUT2D eigenvalue weighted by atomic mass is 16.5. The lowest BCUT2D eigenvalue weighted by molar-refractivity contribution is -0.137. The van der Waals surface area contributed by atoms with E-state index in [4.69, 9.17) is 15.4 Å². The van der Waals surface area contributed by atoms with Gasteiger partial charge in [0, 0.05) is 0 Å². The molecule has 0 unspecified atom stereocenters. The van der Waals surface area contributed by atoms with Crippen LogP contribution in [-0.2, 0) is 9.53 Å². The maximum Gasteiger partial charge on any atom is 0.441 e. The summed E-state index contributed by atoms with van der Waals surface area (Å²) in [5.41, 5.74) is 8.37. The average Bonchev–Trinajstić information content (AvgIpc) is 2.07. The van der Waals surface area contributed by atoms with Crippen LogP contribution < -0.4 is 0 Å². The second-order valence-corrected chi connectivity index (χ2v) is 2.33. The van der Waals surface area contributed by atoms with Crippen molar-refractivity contribution in [2.45, 2.75) is 0 Å². The number of carbonyl (C=O) groups is 1. The Bertz CT molecular complexity index is 228. The van der Waals surface area contributed by atoms with Crippen molar-refractivity contribution in [3.05, 3.63) is 5.53 Å². The zero-order chi connectivity index (χ0) is 8.97. The lowest BCUT2D eigenvalue weighted by Crippen LogP contribution is -2.44. The van der Waals surface area contributed by atoms with Gasteiger partial charge >= 0.3 is 11.8 Å². The molecule has 1 aliphatic heterocycles. The predicted octanol–water partition coefficient (Wildman–Crippen LogP) is -0.968. The molecule has 0 amide bonds. The first-order valence-electron chi connectivity index (χ1n) is 3.53. The van der Waals surface area contributed by atoms with Crippen molar-refractivity contribution in [1.82, 2.24) is 4.90 Å². The molecule has 0 aliphatic carbocycles. The average molecular weight is 171 g/mol. The number of hydrogen-bond acceptors (Lipinski definition) is 2. The van der Waals surface area contributed by atoms with Crippen molar-refractivity contribution in [3.63, 3.8) is 0 Å². The summed E-state index contributed by atoms with van der Waals surface area (Å²) in [6.07, 6.45) is 0. The van der Waals surface area contributed by atoms with Gasteiger partial charge in [-0.25, -0.2) is 9.69 Å². The zero-order valence-corrected chi connectivity index (χ0v) is 6.43. The first-order chi connectivity index (χ1) is 5.75. The van der Waals surface area contributed by atoms with Gasteiger partial charge in [-0.3, -0.25) is 0 Å². The van der Waals surface area contributed by atoms with Gasteiger partial charge in [-0.2, -0.15) is 0 Å². The van der Waals surface area contributed by atoms with Crippen LogP contribution in [0.4, 0.5) is 0 Å². The van der Waals surface area contributed by atoms with Crippen molar-refractivity contribution in [3.8, 4) is 0 Å². The zero-order valence-electron chi connectivity index (χ0n) is 6.43. The highest BCUT2D eigenvalue weighted by molar-refractivity contribution is 6.31. The molecule has 0 radical (unpaired) electrons. The fourth-order valence-corrected chi connectivity index (χ4v) is 1.02. The van der Waals surface area contributed by atoms with Crippen LogP contribution in [0.1, 0.15) is 0 Å². The molecule has 1 saturated heterocycles. The van der Waals surface area contributed by atoms with Crippen LogP contribution in [0.25, 0.3) is 5.53 Å². The molecule has 6 heteroatoms. The number of morpholine rings is 1. The van der Waals surface area contributed by atoms with Gasteiger partial charge in [0.05, 0.1) is 13.2 Å². The minimum absolute atomic E-state index is 0.321. The van der Waals surface area contributed by atoms with Crippen LogP contribution in [-0.4, -0.2) is 52.9 Å². The van der Waals surface area contributed by atoms with Gasteiger partial charge in [0.15, 0.2) is 0 Å². The monoisotopic (exact) mass is 171 g/mol. The predicted molar refractivity (Wildman–Crippen MR) is 38.7 cm³/mol. The highest BCUT2D eigenvalue weighted by Crippen LogP contribution is 1.96. The van der Waals surface area contributed by atoms with Crippen LogP contribution in [0.2, 0.25) is 0 Å². The van der Waals surface area contributed by atoms with Crippen LogP contribution in [0.15, 0.2) is 0 Å². The molecule has 6 nitrogen and oxygen atoms in total. The molecular formula is C6H9N3O3. The minimum atomic E-state index is -1.22. The van der Waals surface area contributed by atoms with Gasteiger partial charge in [-0.1, -0.05) is 0 Å². The Hall–Kier alpha value is -1.39. The Morgan fingerprint density at radius 3 is 2.50 bits per heavy atom. The van der Waals surface area contributed by atoms with Crippen molar-refractivity contribution < 1.29 is 19.4 Å². The van der Waals surface area contributed by atoms with Gasteiger partial charge in [-0.05, 0) is 0 Å². The Morgan fingerprint density at radius 2 is 2.08 bits per heavy atom. The number of nitrogens with zero attached hydrogens (tertiary/aromatic N) is 3. The molecule has 0 aromatic rings. The first kappa shape index (κ1) is 8.70. The third kappa shape index (κ3) is 1.81. The molecule has 12 heavy (non-hydrogen) atoms. The molecule has 1 fully saturated rings. The van der Waals surface area contributed by atoms with E-state index in [0.717, 1.165) is 0 Å². The molecule has 66 valence electrons. The minimum Gasteiger partial charge on any atom is -0.497 e. The number of carboxylic acids is 1. The van der Waals surface area contributed by atoms with Crippen molar-refractivity contribution >= 4 is 11.8 Å². The number of aliphatic carboxylic acids is 1. The summed E-state index contributed by atoms with van der Waals surface area (Å²) >= 11 is 0. The SMILES string of the molecule is [N-]=[N+]=C(C(=O)O)N1CCOCC1. The Balaban J connectivity index is 2.65. The Morgan fingerprint density at radius 1 is 1.50 bits per heavy atom. The van der Waals surface area contributed by atoms with E-state index in [0.29, 0.717) is 26.3 Å². The van der Waals surface area contributed by atoms with E-state index < -0.39 is 5.97 Å². The standard InChI is InChI=1S/C6H9N3O3/c7-8-5(6(10)11)9-1-3-12-4-2-9/h1-4H2,(H,10,11). The van der Waals surface area contributed by atoms with Gasteiger partial charge in [0.25, 0.3) is 0 Å². The molecule has 1 rings (SSSR count). The second-order valence-electron chi connectivity index (χ2n) is 2.33. The maximum absolute atomic E-state index is 10.5. The summed E-state index contributed by atoms with van der Waals surface area (Å²) in [6, 6.07) is 0. The molecule has 0 aromatic carbocycles. The lowest BCUT2D eigenvalue weighted by atomic mass is 10.4. The van der Waals surface area contributed by atoms with E-state index in [1.165, 1.54) is 4.90 Å². The van der Waals surface area contributed by atoms with Crippen molar-refractivity contribution in [1.29, 1.82) is 0 Å². The van der Waals surface area contributed by atoms with Crippen LogP contribution in [0, 0.1) is 0 Å². The fraction of sp³-hybridized carbons (Fsp3) is 0.667. The van der Waals surface area contributed by atoms with Gasteiger partial charge in [0.2, 0.25) is 0 Å². The molecular weight excluding hydrogens is 162 g/mol. The molecule has 1 heterocycles. The third-order valence-corrected chi connectivity index (χ3v) is 1.60. The summed E-state index contributed by atoms with van der Waals surface area (Å²) in [7, 11) is 0. The number of ether oxygens (including phenoxy) is 1. The van der Waals surface area contributed by atoms with Crippen LogP contribution in [0.3, 0.4) is 0 Å². The molecule has 1 aliphatic rings. The van der Waals surface area contributed by atoms with Gasteiger partial charge < -0.3 is 20.2 Å². The van der Waals surface area contributed by atoms with Crippen LogP contribution >= 0.6 is 0 Å². The van der Waals surface area contributed by atoms with Crippen LogP contribution in [0.5, 0.6) is 0 Å². The second kappa shape index (κ2) is 3.85. The van der Waals surface area contributed by atoms with E-state index >= 15 is 0 Å². The molecule has 0 atom stereocenters. The Kier molecular flexibility index (Phi) is 2.79. The quantitative estimate of drug-likeness (QED) is 0.220. The molecule has 0 bridgehead atoms. The number of rotatable bonds is 0.